The fourth-order valence-electron chi connectivity index (χ4n) is 1.54. The molecule has 0 aromatic carbocycles. The van der Waals surface area contributed by atoms with Crippen LogP contribution in [0.3, 0.4) is 0 Å². The Kier molecular flexibility index (Phi) is 2.37. The zero-order chi connectivity index (χ0) is 9.97. The predicted octanol–water partition coefficient (Wildman–Crippen LogP) is 1.32. The summed E-state index contributed by atoms with van der Waals surface area (Å²) >= 11 is 0. The van der Waals surface area contributed by atoms with Gasteiger partial charge in [-0.2, -0.15) is 0 Å². The molecular formula is C10H13N3O. The fourth-order valence-corrected chi connectivity index (χ4v) is 1.54. The molecule has 1 unspecified atom stereocenters. The van der Waals surface area contributed by atoms with Gasteiger partial charge in [-0.15, -0.1) is 0 Å². The Morgan fingerprint density at radius 2 is 2.43 bits per heavy atom. The highest BCUT2D eigenvalue weighted by molar-refractivity contribution is 5.20. The highest BCUT2D eigenvalue weighted by atomic mass is 16.3. The summed E-state index contributed by atoms with van der Waals surface area (Å²) in [4.78, 5) is 4.30. The standard InChI is InChI=1S/C10H13N3O/c1-11-9(8-3-6-14-7-8)10-12-4-5-13(10)2/h3-7,9,11H,1-2H3. The predicted molar refractivity (Wildman–Crippen MR) is 52.8 cm³/mol. The lowest BCUT2D eigenvalue weighted by Crippen LogP contribution is -2.20. The zero-order valence-corrected chi connectivity index (χ0v) is 8.27. The van der Waals surface area contributed by atoms with Crippen molar-refractivity contribution in [3.05, 3.63) is 42.4 Å². The van der Waals surface area contributed by atoms with Gasteiger partial charge in [-0.05, 0) is 13.1 Å². The number of hydrogen-bond donors (Lipinski definition) is 1. The number of furan rings is 1. The van der Waals surface area contributed by atoms with Gasteiger partial charge in [-0.1, -0.05) is 0 Å². The van der Waals surface area contributed by atoms with Crippen LogP contribution in [0.2, 0.25) is 0 Å². The number of aromatic nitrogens is 2. The topological polar surface area (TPSA) is 43.0 Å². The van der Waals surface area contributed by atoms with Gasteiger partial charge >= 0.3 is 0 Å². The third-order valence-electron chi connectivity index (χ3n) is 2.28. The first-order valence-corrected chi connectivity index (χ1v) is 4.49. The monoisotopic (exact) mass is 191 g/mol. The molecule has 0 aliphatic rings. The SMILES string of the molecule is CNC(c1ccoc1)c1nccn1C. The van der Waals surface area contributed by atoms with Crippen molar-refractivity contribution >= 4 is 0 Å². The van der Waals surface area contributed by atoms with Gasteiger partial charge in [-0.25, -0.2) is 4.98 Å². The third kappa shape index (κ3) is 1.44. The lowest BCUT2D eigenvalue weighted by Gasteiger charge is -2.13. The minimum absolute atomic E-state index is 0.0914. The maximum absolute atomic E-state index is 5.06. The van der Waals surface area contributed by atoms with Crippen molar-refractivity contribution in [1.29, 1.82) is 0 Å². The number of hydrogen-bond acceptors (Lipinski definition) is 3. The summed E-state index contributed by atoms with van der Waals surface area (Å²) in [5, 5.41) is 3.20. The van der Waals surface area contributed by atoms with Crippen LogP contribution < -0.4 is 5.32 Å². The van der Waals surface area contributed by atoms with Gasteiger partial charge in [0, 0.05) is 25.0 Å². The molecule has 1 atom stereocenters. The summed E-state index contributed by atoms with van der Waals surface area (Å²) in [6.07, 6.45) is 7.12. The van der Waals surface area contributed by atoms with Gasteiger partial charge in [-0.3, -0.25) is 0 Å². The lowest BCUT2D eigenvalue weighted by atomic mass is 10.1. The van der Waals surface area contributed by atoms with Gasteiger partial charge in [0.15, 0.2) is 0 Å². The molecule has 14 heavy (non-hydrogen) atoms. The molecule has 2 aromatic heterocycles. The van der Waals surface area contributed by atoms with E-state index in [9.17, 15) is 0 Å². The van der Waals surface area contributed by atoms with Crippen molar-refractivity contribution in [2.24, 2.45) is 7.05 Å². The summed E-state index contributed by atoms with van der Waals surface area (Å²) in [6.45, 7) is 0. The number of nitrogens with zero attached hydrogens (tertiary/aromatic N) is 2. The van der Waals surface area contributed by atoms with E-state index >= 15 is 0 Å². The molecule has 0 fully saturated rings. The molecule has 0 spiro atoms. The average molecular weight is 191 g/mol. The normalized spacial score (nSPS) is 13.0. The van der Waals surface area contributed by atoms with Crippen LogP contribution in [0.4, 0.5) is 0 Å². The molecule has 0 aliphatic heterocycles. The van der Waals surface area contributed by atoms with Crippen LogP contribution in [0.1, 0.15) is 17.4 Å². The number of imidazole rings is 1. The molecule has 2 rings (SSSR count). The largest absolute Gasteiger partial charge is 0.472 e. The summed E-state index contributed by atoms with van der Waals surface area (Å²) in [5.41, 5.74) is 1.09. The molecule has 2 aromatic rings. The summed E-state index contributed by atoms with van der Waals surface area (Å²) in [6, 6.07) is 2.03. The van der Waals surface area contributed by atoms with Gasteiger partial charge in [0.2, 0.25) is 0 Å². The molecule has 74 valence electrons. The molecule has 4 heteroatoms. The van der Waals surface area contributed by atoms with Crippen LogP contribution in [-0.4, -0.2) is 16.6 Å². The molecule has 0 radical (unpaired) electrons. The first-order valence-electron chi connectivity index (χ1n) is 4.49. The Balaban J connectivity index is 2.36. The smallest absolute Gasteiger partial charge is 0.130 e. The van der Waals surface area contributed by atoms with Crippen LogP contribution in [0.5, 0.6) is 0 Å². The Labute approximate surface area is 82.6 Å². The molecule has 2 heterocycles. The van der Waals surface area contributed by atoms with Gasteiger partial charge in [0.1, 0.15) is 5.82 Å². The van der Waals surface area contributed by atoms with E-state index in [0.717, 1.165) is 11.4 Å². The summed E-state index contributed by atoms with van der Waals surface area (Å²) in [5.74, 6) is 0.980. The molecule has 1 N–H and O–H groups in total. The second-order valence-electron chi connectivity index (χ2n) is 3.17. The van der Waals surface area contributed by atoms with Crippen molar-refractivity contribution in [1.82, 2.24) is 14.9 Å². The van der Waals surface area contributed by atoms with Crippen molar-refractivity contribution < 1.29 is 4.42 Å². The zero-order valence-electron chi connectivity index (χ0n) is 8.27. The van der Waals surface area contributed by atoms with Crippen LogP contribution in [0.15, 0.2) is 35.4 Å². The van der Waals surface area contributed by atoms with Crippen LogP contribution in [0.25, 0.3) is 0 Å². The Bertz CT molecular complexity index is 391. The van der Waals surface area contributed by atoms with E-state index in [1.807, 2.05) is 30.9 Å². The lowest BCUT2D eigenvalue weighted by molar-refractivity contribution is 0.551. The molecule has 4 nitrogen and oxygen atoms in total. The minimum Gasteiger partial charge on any atom is -0.472 e. The van der Waals surface area contributed by atoms with Gasteiger partial charge < -0.3 is 14.3 Å². The molecule has 0 aliphatic carbocycles. The Morgan fingerprint density at radius 3 is 2.93 bits per heavy atom. The van der Waals surface area contributed by atoms with Crippen molar-refractivity contribution in [2.45, 2.75) is 6.04 Å². The highest BCUT2D eigenvalue weighted by Crippen LogP contribution is 2.19. The molecule has 0 amide bonds. The minimum atomic E-state index is 0.0914. The van der Waals surface area contributed by atoms with E-state index in [1.165, 1.54) is 0 Å². The average Bonchev–Trinajstić information content (AvgIpc) is 2.80. The van der Waals surface area contributed by atoms with E-state index in [4.69, 9.17) is 4.42 Å². The van der Waals surface area contributed by atoms with Crippen molar-refractivity contribution in [3.63, 3.8) is 0 Å². The van der Waals surface area contributed by atoms with Crippen molar-refractivity contribution in [2.75, 3.05) is 7.05 Å². The van der Waals surface area contributed by atoms with E-state index in [0.29, 0.717) is 0 Å². The van der Waals surface area contributed by atoms with Crippen molar-refractivity contribution in [3.8, 4) is 0 Å². The van der Waals surface area contributed by atoms with Gasteiger partial charge in [0.05, 0.1) is 18.6 Å². The number of aryl methyl sites for hydroxylation is 1. The third-order valence-corrected chi connectivity index (χ3v) is 2.28. The van der Waals surface area contributed by atoms with E-state index in [1.54, 1.807) is 18.7 Å². The molecule has 0 saturated carbocycles. The van der Waals surface area contributed by atoms with E-state index < -0.39 is 0 Å². The number of nitrogens with one attached hydrogen (secondary N) is 1. The first-order chi connectivity index (χ1) is 6.83. The molecule has 0 saturated heterocycles. The second-order valence-corrected chi connectivity index (χ2v) is 3.17. The number of rotatable bonds is 3. The van der Waals surface area contributed by atoms with Crippen LogP contribution in [-0.2, 0) is 7.05 Å². The molecule has 0 bridgehead atoms. The quantitative estimate of drug-likeness (QED) is 0.795. The maximum Gasteiger partial charge on any atom is 0.130 e. The first kappa shape index (κ1) is 9.02. The highest BCUT2D eigenvalue weighted by Gasteiger charge is 2.16. The molecular weight excluding hydrogens is 178 g/mol. The fraction of sp³-hybridized carbons (Fsp3) is 0.300. The second kappa shape index (κ2) is 3.67. The Hall–Kier alpha value is -1.55. The van der Waals surface area contributed by atoms with E-state index in [-0.39, 0.29) is 6.04 Å². The van der Waals surface area contributed by atoms with Crippen LogP contribution in [0, 0.1) is 0 Å². The van der Waals surface area contributed by atoms with Gasteiger partial charge in [0.25, 0.3) is 0 Å². The van der Waals surface area contributed by atoms with Crippen LogP contribution >= 0.6 is 0 Å². The Morgan fingerprint density at radius 1 is 1.57 bits per heavy atom. The van der Waals surface area contributed by atoms with E-state index in [2.05, 4.69) is 10.3 Å². The maximum atomic E-state index is 5.06. The summed E-state index contributed by atoms with van der Waals surface area (Å²) < 4.78 is 7.05. The summed E-state index contributed by atoms with van der Waals surface area (Å²) in [7, 11) is 3.89.